The summed E-state index contributed by atoms with van der Waals surface area (Å²) in [4.78, 5) is 27.6. The van der Waals surface area contributed by atoms with Gasteiger partial charge < -0.3 is 24.3 Å². The molecule has 2 aromatic heterocycles. The molecule has 0 radical (unpaired) electrons. The molecule has 9 nitrogen and oxygen atoms in total. The molecular weight excluding hydrogens is 487 g/mol. The van der Waals surface area contributed by atoms with Crippen LogP contribution in [0.15, 0.2) is 36.7 Å². The maximum Gasteiger partial charge on any atom is 0.253 e. The summed E-state index contributed by atoms with van der Waals surface area (Å²) in [6, 6.07) is 7.32. The Morgan fingerprint density at radius 2 is 1.78 bits per heavy atom. The standard InChI is InChI=1S/C25H29FN6O3.ClH/c1-17-27-16-22(32(17)20-7-12-35-13-8-20)23-21(26)15-28-25(30-23)29-19-5-3-18(4-6-19)24(33)31-9-2-11-34-14-10-31;/h3-6,15-16,20H,2,7-14H2,1H3,(H,28,29,30);1H. The number of rotatable bonds is 5. The van der Waals surface area contributed by atoms with Gasteiger partial charge in [0, 0.05) is 50.2 Å². The molecule has 0 spiro atoms. The monoisotopic (exact) mass is 516 g/mol. The molecule has 1 N–H and O–H groups in total. The molecule has 2 saturated heterocycles. The van der Waals surface area contributed by atoms with E-state index in [1.54, 1.807) is 30.5 Å². The summed E-state index contributed by atoms with van der Waals surface area (Å²) in [5.74, 6) is 0.559. The van der Waals surface area contributed by atoms with E-state index in [0.29, 0.717) is 56.5 Å². The van der Waals surface area contributed by atoms with E-state index >= 15 is 0 Å². The molecule has 192 valence electrons. The van der Waals surface area contributed by atoms with Crippen LogP contribution in [0, 0.1) is 12.7 Å². The molecule has 36 heavy (non-hydrogen) atoms. The highest BCUT2D eigenvalue weighted by atomic mass is 35.5. The predicted molar refractivity (Wildman–Crippen MR) is 135 cm³/mol. The molecule has 0 atom stereocenters. The minimum Gasteiger partial charge on any atom is -0.381 e. The number of anilines is 2. The Morgan fingerprint density at radius 3 is 2.56 bits per heavy atom. The zero-order chi connectivity index (χ0) is 24.2. The Morgan fingerprint density at radius 1 is 1.03 bits per heavy atom. The number of nitrogens with one attached hydrogen (secondary N) is 1. The van der Waals surface area contributed by atoms with Gasteiger partial charge in [-0.25, -0.2) is 19.3 Å². The molecule has 0 unspecified atom stereocenters. The number of hydrogen-bond donors (Lipinski definition) is 1. The van der Waals surface area contributed by atoms with Crippen LogP contribution in [0.5, 0.6) is 0 Å². The number of carbonyl (C=O) groups is 1. The van der Waals surface area contributed by atoms with Gasteiger partial charge in [-0.2, -0.15) is 0 Å². The number of aryl methyl sites for hydroxylation is 1. The third-order valence-corrected chi connectivity index (χ3v) is 6.42. The normalized spacial score (nSPS) is 16.8. The van der Waals surface area contributed by atoms with Gasteiger partial charge in [0.25, 0.3) is 5.91 Å². The number of amides is 1. The second-order valence-corrected chi connectivity index (χ2v) is 8.75. The van der Waals surface area contributed by atoms with Crippen molar-refractivity contribution in [3.63, 3.8) is 0 Å². The summed E-state index contributed by atoms with van der Waals surface area (Å²) < 4.78 is 27.8. The summed E-state index contributed by atoms with van der Waals surface area (Å²) in [6.45, 7) is 5.78. The van der Waals surface area contributed by atoms with E-state index in [1.165, 1.54) is 6.20 Å². The molecule has 3 aromatic rings. The van der Waals surface area contributed by atoms with E-state index < -0.39 is 5.82 Å². The number of halogens is 2. The van der Waals surface area contributed by atoms with Gasteiger partial charge in [0.15, 0.2) is 5.82 Å². The van der Waals surface area contributed by atoms with Crippen molar-refractivity contribution in [2.45, 2.75) is 32.2 Å². The summed E-state index contributed by atoms with van der Waals surface area (Å²) in [5.41, 5.74) is 2.13. The first-order valence-corrected chi connectivity index (χ1v) is 12.0. The fourth-order valence-corrected chi connectivity index (χ4v) is 4.60. The molecule has 0 saturated carbocycles. The van der Waals surface area contributed by atoms with Gasteiger partial charge in [-0.05, 0) is 50.5 Å². The topological polar surface area (TPSA) is 94.4 Å². The molecule has 2 aliphatic rings. The molecule has 0 aliphatic carbocycles. The Hall–Kier alpha value is -3.08. The second kappa shape index (κ2) is 11.8. The van der Waals surface area contributed by atoms with Crippen LogP contribution in [0.25, 0.3) is 11.4 Å². The maximum atomic E-state index is 14.8. The van der Waals surface area contributed by atoms with Gasteiger partial charge in [0.05, 0.1) is 24.7 Å². The number of hydrogen-bond acceptors (Lipinski definition) is 7. The first-order chi connectivity index (χ1) is 17.1. The quantitative estimate of drug-likeness (QED) is 0.544. The molecule has 2 fully saturated rings. The van der Waals surface area contributed by atoms with E-state index in [4.69, 9.17) is 9.47 Å². The fourth-order valence-electron chi connectivity index (χ4n) is 4.60. The molecule has 1 aromatic carbocycles. The number of ether oxygens (including phenoxy) is 2. The van der Waals surface area contributed by atoms with Crippen LogP contribution in [0.4, 0.5) is 16.0 Å². The van der Waals surface area contributed by atoms with Gasteiger partial charge in [-0.1, -0.05) is 0 Å². The SMILES string of the molecule is Cc1ncc(-c2nc(Nc3ccc(C(=O)N4CCCOCC4)cc3)ncc2F)n1C1CCOCC1.Cl. The van der Waals surface area contributed by atoms with E-state index in [2.05, 4.69) is 20.3 Å². The lowest BCUT2D eigenvalue weighted by Crippen LogP contribution is -2.33. The van der Waals surface area contributed by atoms with Gasteiger partial charge >= 0.3 is 0 Å². The molecule has 4 heterocycles. The number of aromatic nitrogens is 4. The Kier molecular flexibility index (Phi) is 8.50. The van der Waals surface area contributed by atoms with Crippen molar-refractivity contribution in [3.8, 4) is 11.4 Å². The number of carbonyl (C=O) groups excluding carboxylic acids is 1. The van der Waals surface area contributed by atoms with Gasteiger partial charge in [0.2, 0.25) is 5.95 Å². The van der Waals surface area contributed by atoms with E-state index in [-0.39, 0.29) is 36.0 Å². The molecular formula is C25H30ClFN6O3. The summed E-state index contributed by atoms with van der Waals surface area (Å²) in [5, 5.41) is 3.12. The molecule has 5 rings (SSSR count). The smallest absolute Gasteiger partial charge is 0.253 e. The number of nitrogens with zero attached hydrogens (tertiary/aromatic N) is 5. The minimum absolute atomic E-state index is 0. The molecule has 1 amide bonds. The third-order valence-electron chi connectivity index (χ3n) is 6.42. The van der Waals surface area contributed by atoms with Crippen LogP contribution >= 0.6 is 12.4 Å². The minimum atomic E-state index is -0.508. The average Bonchev–Trinajstić information content (AvgIpc) is 3.08. The zero-order valence-electron chi connectivity index (χ0n) is 20.2. The van der Waals surface area contributed by atoms with E-state index in [1.807, 2.05) is 16.4 Å². The van der Waals surface area contributed by atoms with E-state index in [0.717, 1.165) is 25.1 Å². The van der Waals surface area contributed by atoms with Crippen LogP contribution < -0.4 is 5.32 Å². The van der Waals surface area contributed by atoms with Crippen molar-refractivity contribution in [2.75, 3.05) is 44.8 Å². The van der Waals surface area contributed by atoms with Crippen molar-refractivity contribution < 1.29 is 18.7 Å². The maximum absolute atomic E-state index is 14.8. The second-order valence-electron chi connectivity index (χ2n) is 8.75. The largest absolute Gasteiger partial charge is 0.381 e. The molecule has 0 bridgehead atoms. The van der Waals surface area contributed by atoms with Gasteiger partial charge in [0.1, 0.15) is 11.5 Å². The van der Waals surface area contributed by atoms with Crippen molar-refractivity contribution in [3.05, 3.63) is 53.9 Å². The Labute approximate surface area is 215 Å². The fraction of sp³-hybridized carbons (Fsp3) is 0.440. The molecule has 11 heteroatoms. The van der Waals surface area contributed by atoms with Crippen LogP contribution in [0.3, 0.4) is 0 Å². The summed E-state index contributed by atoms with van der Waals surface area (Å²) in [6.07, 6.45) is 5.35. The van der Waals surface area contributed by atoms with Crippen molar-refractivity contribution in [2.24, 2.45) is 0 Å². The van der Waals surface area contributed by atoms with Crippen molar-refractivity contribution in [1.82, 2.24) is 24.4 Å². The highest BCUT2D eigenvalue weighted by Gasteiger charge is 2.24. The lowest BCUT2D eigenvalue weighted by Gasteiger charge is -2.26. The van der Waals surface area contributed by atoms with Crippen LogP contribution in [0.2, 0.25) is 0 Å². The summed E-state index contributed by atoms with van der Waals surface area (Å²) in [7, 11) is 0. The highest BCUT2D eigenvalue weighted by Crippen LogP contribution is 2.31. The summed E-state index contributed by atoms with van der Waals surface area (Å²) >= 11 is 0. The number of benzene rings is 1. The van der Waals surface area contributed by atoms with Gasteiger partial charge in [-0.15, -0.1) is 12.4 Å². The van der Waals surface area contributed by atoms with Crippen molar-refractivity contribution >= 4 is 29.9 Å². The Bertz CT molecular complexity index is 1180. The van der Waals surface area contributed by atoms with Crippen LogP contribution in [-0.2, 0) is 9.47 Å². The molecule has 2 aliphatic heterocycles. The predicted octanol–water partition coefficient (Wildman–Crippen LogP) is 4.17. The first-order valence-electron chi connectivity index (χ1n) is 12.0. The lowest BCUT2D eigenvalue weighted by molar-refractivity contribution is 0.0694. The van der Waals surface area contributed by atoms with E-state index in [9.17, 15) is 9.18 Å². The zero-order valence-corrected chi connectivity index (χ0v) is 21.0. The lowest BCUT2D eigenvalue weighted by atomic mass is 10.1. The third kappa shape index (κ3) is 5.66. The van der Waals surface area contributed by atoms with Crippen molar-refractivity contribution in [1.29, 1.82) is 0 Å². The Balaban J connectivity index is 0.00000304. The van der Waals surface area contributed by atoms with Crippen LogP contribution in [-0.4, -0.2) is 69.8 Å². The highest BCUT2D eigenvalue weighted by molar-refractivity contribution is 5.94. The van der Waals surface area contributed by atoms with Crippen LogP contribution in [0.1, 0.15) is 41.5 Å². The average molecular weight is 517 g/mol. The van der Waals surface area contributed by atoms with Gasteiger partial charge in [-0.3, -0.25) is 4.79 Å². The number of imidazole rings is 1. The first kappa shape index (κ1) is 26.0.